The minimum absolute atomic E-state index is 0.0157. The van der Waals surface area contributed by atoms with Gasteiger partial charge in [-0.1, -0.05) is 6.92 Å². The molecule has 0 radical (unpaired) electrons. The molecule has 3 rings (SSSR count). The first-order valence-electron chi connectivity index (χ1n) is 8.96. The quantitative estimate of drug-likeness (QED) is 0.904. The number of aromatic nitrogens is 4. The molecule has 7 nitrogen and oxygen atoms in total. The minimum Gasteiger partial charge on any atom is -0.355 e. The van der Waals surface area contributed by atoms with Crippen LogP contribution in [0.2, 0.25) is 0 Å². The molecule has 1 N–H and O–H groups in total. The Hall–Kier alpha value is -2.44. The normalized spacial score (nSPS) is 16.7. The van der Waals surface area contributed by atoms with Gasteiger partial charge in [-0.25, -0.2) is 4.98 Å². The maximum Gasteiger partial charge on any atom is 0.228 e. The number of aryl methyl sites for hydroxylation is 1. The lowest BCUT2D eigenvalue weighted by Gasteiger charge is -2.31. The van der Waals surface area contributed by atoms with Gasteiger partial charge in [-0.05, 0) is 33.1 Å². The molecule has 1 aliphatic heterocycles. The van der Waals surface area contributed by atoms with Crippen LogP contribution in [0.3, 0.4) is 0 Å². The minimum atomic E-state index is 0.0157. The van der Waals surface area contributed by atoms with E-state index in [0.717, 1.165) is 43.9 Å². The molecule has 25 heavy (non-hydrogen) atoms. The average molecular weight is 342 g/mol. The van der Waals surface area contributed by atoms with Crippen LogP contribution in [-0.2, 0) is 4.79 Å². The first-order valence-corrected chi connectivity index (χ1v) is 8.96. The van der Waals surface area contributed by atoms with Crippen LogP contribution in [0.4, 0.5) is 11.6 Å². The predicted molar refractivity (Wildman–Crippen MR) is 97.6 cm³/mol. The highest BCUT2D eigenvalue weighted by Crippen LogP contribution is 2.23. The number of nitrogens with one attached hydrogen (secondary N) is 1. The molecule has 2 aromatic rings. The summed E-state index contributed by atoms with van der Waals surface area (Å²) < 4.78 is 1.98. The molecule has 0 aliphatic carbocycles. The molecule has 134 valence electrons. The number of anilines is 2. The number of carbonyl (C=O) groups excluding carboxylic acids is 1. The lowest BCUT2D eigenvalue weighted by Crippen LogP contribution is -2.38. The number of rotatable bonds is 5. The molecule has 0 saturated carbocycles. The smallest absolute Gasteiger partial charge is 0.228 e. The molecular formula is C18H26N6O. The van der Waals surface area contributed by atoms with Gasteiger partial charge in [0.25, 0.3) is 0 Å². The molecule has 1 unspecified atom stereocenters. The number of hydrogen-bond acceptors (Lipinski definition) is 5. The Morgan fingerprint density at radius 3 is 2.76 bits per heavy atom. The number of nitrogens with zero attached hydrogens (tertiary/aromatic N) is 5. The summed E-state index contributed by atoms with van der Waals surface area (Å²) in [6.07, 6.45) is 7.77. The van der Waals surface area contributed by atoms with Crippen molar-refractivity contribution in [3.63, 3.8) is 0 Å². The second-order valence-electron chi connectivity index (χ2n) is 6.69. The number of hydrogen-bond donors (Lipinski definition) is 1. The van der Waals surface area contributed by atoms with E-state index in [9.17, 15) is 4.79 Å². The molecule has 0 spiro atoms. The largest absolute Gasteiger partial charge is 0.355 e. The van der Waals surface area contributed by atoms with E-state index in [2.05, 4.69) is 39.1 Å². The fourth-order valence-corrected chi connectivity index (χ4v) is 3.22. The maximum absolute atomic E-state index is 12.6. The van der Waals surface area contributed by atoms with Gasteiger partial charge in [-0.15, -0.1) is 0 Å². The van der Waals surface area contributed by atoms with E-state index >= 15 is 0 Å². The van der Waals surface area contributed by atoms with Crippen LogP contribution in [-0.4, -0.2) is 38.7 Å². The van der Waals surface area contributed by atoms with Crippen LogP contribution < -0.4 is 10.2 Å². The molecule has 7 heteroatoms. The third-order valence-electron chi connectivity index (χ3n) is 4.92. The molecule has 0 bridgehead atoms. The molecule has 2 aromatic heterocycles. The van der Waals surface area contributed by atoms with Crippen molar-refractivity contribution in [2.24, 2.45) is 5.92 Å². The molecule has 1 aliphatic rings. The van der Waals surface area contributed by atoms with Gasteiger partial charge < -0.3 is 10.2 Å². The Kier molecular flexibility index (Phi) is 5.31. The van der Waals surface area contributed by atoms with Crippen LogP contribution in [0.5, 0.6) is 0 Å². The summed E-state index contributed by atoms with van der Waals surface area (Å²) in [5.74, 6) is 1.61. The van der Waals surface area contributed by atoms with E-state index in [0.29, 0.717) is 11.9 Å². The van der Waals surface area contributed by atoms with Crippen LogP contribution in [0.15, 0.2) is 24.7 Å². The Morgan fingerprint density at radius 1 is 1.36 bits per heavy atom. The lowest BCUT2D eigenvalue weighted by atomic mass is 9.96. The zero-order valence-corrected chi connectivity index (χ0v) is 15.1. The third-order valence-corrected chi connectivity index (χ3v) is 4.92. The van der Waals surface area contributed by atoms with Gasteiger partial charge in [0.05, 0.1) is 6.20 Å². The Labute approximate surface area is 148 Å². The fourth-order valence-electron chi connectivity index (χ4n) is 3.22. The van der Waals surface area contributed by atoms with Crippen molar-refractivity contribution in [2.45, 2.75) is 46.1 Å². The zero-order valence-electron chi connectivity index (χ0n) is 15.1. The van der Waals surface area contributed by atoms with E-state index < -0.39 is 0 Å². The summed E-state index contributed by atoms with van der Waals surface area (Å²) in [5, 5.41) is 7.52. The van der Waals surface area contributed by atoms with Crippen molar-refractivity contribution in [3.8, 4) is 0 Å². The van der Waals surface area contributed by atoms with E-state index in [1.54, 1.807) is 18.6 Å². The van der Waals surface area contributed by atoms with Crippen molar-refractivity contribution < 1.29 is 4.79 Å². The molecular weight excluding hydrogens is 316 g/mol. The highest BCUT2D eigenvalue weighted by molar-refractivity contribution is 5.91. The van der Waals surface area contributed by atoms with Crippen molar-refractivity contribution in [2.75, 3.05) is 23.3 Å². The van der Waals surface area contributed by atoms with E-state index in [1.165, 1.54) is 0 Å². The predicted octanol–water partition coefficient (Wildman–Crippen LogP) is 2.81. The number of piperidine rings is 1. The van der Waals surface area contributed by atoms with Crippen molar-refractivity contribution >= 4 is 17.5 Å². The Bertz CT molecular complexity index is 706. The first-order chi connectivity index (χ1) is 12.1. The van der Waals surface area contributed by atoms with Crippen LogP contribution in [0.25, 0.3) is 0 Å². The van der Waals surface area contributed by atoms with Gasteiger partial charge in [-0.3, -0.25) is 14.5 Å². The third kappa shape index (κ3) is 3.97. The average Bonchev–Trinajstić information content (AvgIpc) is 3.02. The highest BCUT2D eigenvalue weighted by atomic mass is 16.2. The summed E-state index contributed by atoms with van der Waals surface area (Å²) in [6, 6.07) is 2.28. The van der Waals surface area contributed by atoms with Gasteiger partial charge in [-0.2, -0.15) is 5.10 Å². The Balaban J connectivity index is 1.56. The molecule has 0 aromatic carbocycles. The van der Waals surface area contributed by atoms with Crippen LogP contribution in [0.1, 0.15) is 44.8 Å². The summed E-state index contributed by atoms with van der Waals surface area (Å²) >= 11 is 0. The standard InChI is InChI=1S/C18H26N6O/c1-4-13(2)24-14(3)11-16(22-24)21-18(25)15-5-9-23(10-6-15)17-12-19-7-8-20-17/h7-8,11-13,15H,4-6,9-10H2,1-3H3,(H,21,22,25). The molecule has 1 fully saturated rings. The van der Waals surface area contributed by atoms with E-state index in [1.807, 2.05) is 17.7 Å². The summed E-state index contributed by atoms with van der Waals surface area (Å²) in [7, 11) is 0. The van der Waals surface area contributed by atoms with Gasteiger partial charge >= 0.3 is 0 Å². The lowest BCUT2D eigenvalue weighted by molar-refractivity contribution is -0.120. The van der Waals surface area contributed by atoms with Crippen molar-refractivity contribution in [3.05, 3.63) is 30.4 Å². The first kappa shape index (κ1) is 17.4. The number of carbonyl (C=O) groups is 1. The number of amides is 1. The van der Waals surface area contributed by atoms with Crippen molar-refractivity contribution in [1.29, 1.82) is 0 Å². The topological polar surface area (TPSA) is 75.9 Å². The van der Waals surface area contributed by atoms with Gasteiger partial charge in [0.2, 0.25) is 5.91 Å². The second kappa shape index (κ2) is 7.63. The SMILES string of the molecule is CCC(C)n1nc(NC(=O)C2CCN(c3cnccn3)CC2)cc1C. The van der Waals surface area contributed by atoms with Gasteiger partial charge in [0.1, 0.15) is 5.82 Å². The van der Waals surface area contributed by atoms with Crippen LogP contribution in [0, 0.1) is 12.8 Å². The van der Waals surface area contributed by atoms with Gasteiger partial charge in [0.15, 0.2) is 5.82 Å². The summed E-state index contributed by atoms with van der Waals surface area (Å²) in [6.45, 7) is 7.92. The monoisotopic (exact) mass is 342 g/mol. The zero-order chi connectivity index (χ0) is 17.8. The molecule has 1 atom stereocenters. The Morgan fingerprint density at radius 2 is 2.12 bits per heavy atom. The fraction of sp³-hybridized carbons (Fsp3) is 0.556. The molecule has 1 amide bonds. The molecule has 3 heterocycles. The molecule has 1 saturated heterocycles. The van der Waals surface area contributed by atoms with Crippen molar-refractivity contribution in [1.82, 2.24) is 19.7 Å². The highest BCUT2D eigenvalue weighted by Gasteiger charge is 2.26. The summed E-state index contributed by atoms with van der Waals surface area (Å²) in [5.41, 5.74) is 1.07. The van der Waals surface area contributed by atoms with E-state index in [-0.39, 0.29) is 11.8 Å². The second-order valence-corrected chi connectivity index (χ2v) is 6.69. The van der Waals surface area contributed by atoms with Crippen LogP contribution >= 0.6 is 0 Å². The summed E-state index contributed by atoms with van der Waals surface area (Å²) in [4.78, 5) is 23.2. The maximum atomic E-state index is 12.6. The van der Waals surface area contributed by atoms with E-state index in [4.69, 9.17) is 0 Å². The van der Waals surface area contributed by atoms with Gasteiger partial charge in [0, 0.05) is 49.2 Å².